The second kappa shape index (κ2) is 4.55. The van der Waals surface area contributed by atoms with E-state index >= 15 is 0 Å². The zero-order chi connectivity index (χ0) is 14.2. The molecule has 0 saturated carbocycles. The molecule has 0 atom stereocenters. The van der Waals surface area contributed by atoms with Gasteiger partial charge >= 0.3 is 6.18 Å². The minimum Gasteiger partial charge on any atom is -0.220 e. The van der Waals surface area contributed by atoms with Crippen molar-refractivity contribution in [1.82, 2.24) is 9.78 Å². The van der Waals surface area contributed by atoms with Gasteiger partial charge in [0, 0.05) is 0 Å². The molecule has 19 heavy (non-hydrogen) atoms. The lowest BCUT2D eigenvalue weighted by Gasteiger charge is -2.03. The van der Waals surface area contributed by atoms with Crippen molar-refractivity contribution in [2.45, 2.75) is 6.18 Å². The van der Waals surface area contributed by atoms with Gasteiger partial charge in [-0.3, -0.25) is 0 Å². The van der Waals surface area contributed by atoms with E-state index in [-0.39, 0.29) is 5.69 Å². The Labute approximate surface area is 109 Å². The van der Waals surface area contributed by atoms with E-state index in [0.29, 0.717) is 0 Å². The van der Waals surface area contributed by atoms with E-state index in [2.05, 4.69) is 5.10 Å². The second-order valence-electron chi connectivity index (χ2n) is 3.51. The standard InChI is InChI=1S/C11H4ClF4N3/c12-10-8(5-17)9(11(14,15)16)18-19(10)7-3-1-6(13)2-4-7/h1-4H. The van der Waals surface area contributed by atoms with Gasteiger partial charge in [0.15, 0.2) is 10.8 Å². The number of nitriles is 1. The number of benzene rings is 1. The van der Waals surface area contributed by atoms with Crippen LogP contribution >= 0.6 is 11.6 Å². The molecule has 0 bridgehead atoms. The van der Waals surface area contributed by atoms with Crippen LogP contribution in [0.15, 0.2) is 24.3 Å². The fraction of sp³-hybridized carbons (Fsp3) is 0.0909. The smallest absolute Gasteiger partial charge is 0.220 e. The molecule has 0 radical (unpaired) electrons. The van der Waals surface area contributed by atoms with Crippen LogP contribution in [-0.2, 0) is 6.18 Å². The van der Waals surface area contributed by atoms with Gasteiger partial charge in [-0.1, -0.05) is 11.6 Å². The van der Waals surface area contributed by atoms with Crippen molar-refractivity contribution in [3.05, 3.63) is 46.5 Å². The summed E-state index contributed by atoms with van der Waals surface area (Å²) in [4.78, 5) is 0. The molecule has 0 amide bonds. The first kappa shape index (κ1) is 13.4. The zero-order valence-electron chi connectivity index (χ0n) is 9.04. The molecule has 8 heteroatoms. The highest BCUT2D eigenvalue weighted by molar-refractivity contribution is 6.31. The summed E-state index contributed by atoms with van der Waals surface area (Å²) in [6.07, 6.45) is -4.79. The number of nitrogens with zero attached hydrogens (tertiary/aromatic N) is 3. The molecule has 0 fully saturated rings. The van der Waals surface area contributed by atoms with Crippen molar-refractivity contribution >= 4 is 11.6 Å². The monoisotopic (exact) mass is 289 g/mol. The van der Waals surface area contributed by atoms with E-state index in [0.717, 1.165) is 16.8 Å². The summed E-state index contributed by atoms with van der Waals surface area (Å²) in [6.45, 7) is 0. The highest BCUT2D eigenvalue weighted by atomic mass is 35.5. The van der Waals surface area contributed by atoms with Crippen LogP contribution in [0, 0.1) is 17.1 Å². The summed E-state index contributed by atoms with van der Waals surface area (Å²) in [5, 5.41) is 11.5. The van der Waals surface area contributed by atoms with Gasteiger partial charge < -0.3 is 0 Å². The minimum absolute atomic E-state index is 0.124. The first-order valence-corrected chi connectivity index (χ1v) is 5.24. The first-order chi connectivity index (χ1) is 8.84. The lowest BCUT2D eigenvalue weighted by atomic mass is 10.2. The topological polar surface area (TPSA) is 41.6 Å². The van der Waals surface area contributed by atoms with E-state index in [4.69, 9.17) is 16.9 Å². The minimum atomic E-state index is -4.79. The van der Waals surface area contributed by atoms with Crippen LogP contribution < -0.4 is 0 Å². The molecule has 1 heterocycles. The molecule has 0 spiro atoms. The number of alkyl halides is 3. The van der Waals surface area contributed by atoms with E-state index < -0.39 is 28.4 Å². The molecule has 2 aromatic rings. The SMILES string of the molecule is N#Cc1c(C(F)(F)F)nn(-c2ccc(F)cc2)c1Cl. The van der Waals surface area contributed by atoms with Gasteiger partial charge in [-0.05, 0) is 24.3 Å². The zero-order valence-corrected chi connectivity index (χ0v) is 9.80. The van der Waals surface area contributed by atoms with Gasteiger partial charge in [0.05, 0.1) is 5.69 Å². The Balaban J connectivity index is 2.64. The van der Waals surface area contributed by atoms with Crippen LogP contribution in [0.5, 0.6) is 0 Å². The van der Waals surface area contributed by atoms with Gasteiger partial charge in [-0.15, -0.1) is 0 Å². The lowest BCUT2D eigenvalue weighted by Crippen LogP contribution is -2.08. The van der Waals surface area contributed by atoms with Gasteiger partial charge in [0.2, 0.25) is 0 Å². The van der Waals surface area contributed by atoms with Crippen LogP contribution in [0.3, 0.4) is 0 Å². The average molecular weight is 290 g/mol. The number of hydrogen-bond acceptors (Lipinski definition) is 2. The molecule has 0 aliphatic carbocycles. The highest BCUT2D eigenvalue weighted by Crippen LogP contribution is 2.35. The maximum absolute atomic E-state index is 12.7. The van der Waals surface area contributed by atoms with Gasteiger partial charge in [-0.25, -0.2) is 9.07 Å². The summed E-state index contributed by atoms with van der Waals surface area (Å²) in [7, 11) is 0. The van der Waals surface area contributed by atoms with Crippen molar-refractivity contribution in [1.29, 1.82) is 5.26 Å². The Hall–Kier alpha value is -2.07. The molecule has 0 unspecified atom stereocenters. The van der Waals surface area contributed by atoms with Crippen molar-refractivity contribution in [2.75, 3.05) is 0 Å². The molecule has 0 N–H and O–H groups in total. The normalized spacial score (nSPS) is 11.4. The summed E-state index contributed by atoms with van der Waals surface area (Å²) in [6, 6.07) is 5.87. The average Bonchev–Trinajstić information content (AvgIpc) is 2.67. The number of aromatic nitrogens is 2. The van der Waals surface area contributed by atoms with Gasteiger partial charge in [-0.2, -0.15) is 23.5 Å². The second-order valence-corrected chi connectivity index (χ2v) is 3.87. The molecule has 0 saturated heterocycles. The molecule has 2 rings (SSSR count). The van der Waals surface area contributed by atoms with Gasteiger partial charge in [0.1, 0.15) is 17.4 Å². The number of rotatable bonds is 1. The van der Waals surface area contributed by atoms with Gasteiger partial charge in [0.25, 0.3) is 0 Å². The molecule has 98 valence electrons. The Kier molecular flexibility index (Phi) is 3.20. The van der Waals surface area contributed by atoms with E-state index in [1.54, 1.807) is 0 Å². The first-order valence-electron chi connectivity index (χ1n) is 4.86. The quantitative estimate of drug-likeness (QED) is 0.753. The Morgan fingerprint density at radius 3 is 2.21 bits per heavy atom. The van der Waals surface area contributed by atoms with Crippen molar-refractivity contribution in [2.24, 2.45) is 0 Å². The predicted molar refractivity (Wildman–Crippen MR) is 58.2 cm³/mol. The van der Waals surface area contributed by atoms with Crippen LogP contribution in [0.25, 0.3) is 5.69 Å². The van der Waals surface area contributed by atoms with Crippen LogP contribution in [0.2, 0.25) is 5.15 Å². The molecule has 3 nitrogen and oxygen atoms in total. The fourth-order valence-corrected chi connectivity index (χ4v) is 1.72. The van der Waals surface area contributed by atoms with Crippen molar-refractivity contribution in [3.63, 3.8) is 0 Å². The van der Waals surface area contributed by atoms with Crippen molar-refractivity contribution < 1.29 is 17.6 Å². The third-order valence-electron chi connectivity index (χ3n) is 2.28. The summed E-state index contributed by atoms with van der Waals surface area (Å²) in [5.74, 6) is -0.552. The third-order valence-corrected chi connectivity index (χ3v) is 2.63. The molecule has 1 aromatic carbocycles. The van der Waals surface area contributed by atoms with Crippen molar-refractivity contribution in [3.8, 4) is 11.8 Å². The molecule has 1 aromatic heterocycles. The summed E-state index contributed by atoms with van der Waals surface area (Å²) < 4.78 is 51.5. The largest absolute Gasteiger partial charge is 0.436 e. The predicted octanol–water partition coefficient (Wildman–Crippen LogP) is 3.56. The highest BCUT2D eigenvalue weighted by Gasteiger charge is 2.39. The van der Waals surface area contributed by atoms with E-state index in [1.807, 2.05) is 0 Å². The van der Waals surface area contributed by atoms with E-state index in [1.165, 1.54) is 18.2 Å². The molecule has 0 aliphatic heterocycles. The maximum atomic E-state index is 12.7. The molecular formula is C11H4ClF4N3. The third kappa shape index (κ3) is 2.39. The van der Waals surface area contributed by atoms with E-state index in [9.17, 15) is 17.6 Å². The maximum Gasteiger partial charge on any atom is 0.436 e. The summed E-state index contributed by atoms with van der Waals surface area (Å²) in [5.41, 5.74) is -2.01. The lowest BCUT2D eigenvalue weighted by molar-refractivity contribution is -0.141. The molecule has 0 aliphatic rings. The van der Waals surface area contributed by atoms with Crippen LogP contribution in [0.1, 0.15) is 11.3 Å². The molecular weight excluding hydrogens is 286 g/mol. The number of hydrogen-bond donors (Lipinski definition) is 0. The fourth-order valence-electron chi connectivity index (χ4n) is 1.45. The number of halogens is 5. The summed E-state index contributed by atoms with van der Waals surface area (Å²) >= 11 is 5.69. The van der Waals surface area contributed by atoms with Crippen LogP contribution in [0.4, 0.5) is 17.6 Å². The van der Waals surface area contributed by atoms with Crippen LogP contribution in [-0.4, -0.2) is 9.78 Å². The Morgan fingerprint density at radius 2 is 1.79 bits per heavy atom. The Morgan fingerprint density at radius 1 is 1.21 bits per heavy atom. The Bertz CT molecular complexity index is 652.